The molecule has 3 rings (SSSR count). The number of hydrogen-bond acceptors (Lipinski definition) is 1. The fourth-order valence-corrected chi connectivity index (χ4v) is 3.06. The molecule has 1 nitrogen and oxygen atoms in total. The van der Waals surface area contributed by atoms with Gasteiger partial charge in [-0.05, 0) is 98.4 Å². The number of aryl methyl sites for hydroxylation is 3. The summed E-state index contributed by atoms with van der Waals surface area (Å²) in [6, 6.07) is 15.5. The Kier molecular flexibility index (Phi) is 5.30. The Morgan fingerprint density at radius 3 is 2.12 bits per heavy atom. The monoisotopic (exact) mass is 341 g/mol. The lowest BCUT2D eigenvalue weighted by Gasteiger charge is -2.27. The third-order valence-corrected chi connectivity index (χ3v) is 5.13. The van der Waals surface area contributed by atoms with Crippen LogP contribution in [0.4, 0.5) is 11.4 Å². The van der Waals surface area contributed by atoms with Gasteiger partial charge in [-0.15, -0.1) is 5.73 Å². The summed E-state index contributed by atoms with van der Waals surface area (Å²) in [4.78, 5) is 2.31. The van der Waals surface area contributed by atoms with E-state index in [1.165, 1.54) is 39.2 Å². The van der Waals surface area contributed by atoms with E-state index in [4.69, 9.17) is 0 Å². The zero-order valence-corrected chi connectivity index (χ0v) is 16.4. The molecular weight excluding hydrogens is 314 g/mol. The van der Waals surface area contributed by atoms with Crippen LogP contribution in [-0.4, -0.2) is 0 Å². The minimum atomic E-state index is 1.05. The largest absolute Gasteiger partial charge is 0.310 e. The van der Waals surface area contributed by atoms with Gasteiger partial charge in [0, 0.05) is 17.5 Å². The van der Waals surface area contributed by atoms with Crippen LogP contribution in [0.15, 0.2) is 83.3 Å². The summed E-state index contributed by atoms with van der Waals surface area (Å²) in [6.45, 7) is 10.8. The highest BCUT2D eigenvalue weighted by Crippen LogP contribution is 2.33. The van der Waals surface area contributed by atoms with Crippen molar-refractivity contribution < 1.29 is 0 Å². The molecule has 0 aromatic heterocycles. The molecule has 0 aliphatic heterocycles. The predicted molar refractivity (Wildman–Crippen MR) is 113 cm³/mol. The molecule has 0 radical (unpaired) electrons. The van der Waals surface area contributed by atoms with Crippen LogP contribution in [0.1, 0.15) is 37.5 Å². The van der Waals surface area contributed by atoms with Gasteiger partial charge in [0.15, 0.2) is 0 Å². The number of rotatable bonds is 4. The smallest absolute Gasteiger partial charge is 0.0541 e. The third-order valence-electron chi connectivity index (χ3n) is 5.13. The summed E-state index contributed by atoms with van der Waals surface area (Å²) in [5.41, 5.74) is 13.3. The van der Waals surface area contributed by atoms with Crippen LogP contribution in [0.25, 0.3) is 0 Å². The van der Waals surface area contributed by atoms with Crippen molar-refractivity contribution >= 4 is 11.4 Å². The van der Waals surface area contributed by atoms with E-state index in [0.29, 0.717) is 0 Å². The molecule has 0 N–H and O–H groups in total. The van der Waals surface area contributed by atoms with E-state index in [-0.39, 0.29) is 0 Å². The number of hydrogen-bond donors (Lipinski definition) is 0. The molecule has 0 saturated heterocycles. The first-order valence-electron chi connectivity index (χ1n) is 9.27. The molecule has 2 aromatic carbocycles. The standard InChI is InChI=1S/C25H27N/c1-6-22-11-14-23(15-12-22)26(25-13-10-19(3)21(5)17-25)24-9-7-8-18(2)20(4)16-24/h8-17H,6H2,1-5H3. The Morgan fingerprint density at radius 1 is 0.769 bits per heavy atom. The van der Waals surface area contributed by atoms with Crippen LogP contribution in [0.5, 0.6) is 0 Å². The van der Waals surface area contributed by atoms with Crippen LogP contribution in [0.2, 0.25) is 0 Å². The minimum Gasteiger partial charge on any atom is -0.310 e. The topological polar surface area (TPSA) is 3.24 Å². The Bertz CT molecular complexity index is 933. The van der Waals surface area contributed by atoms with Gasteiger partial charge in [0.25, 0.3) is 0 Å². The second kappa shape index (κ2) is 7.64. The summed E-state index contributed by atoms with van der Waals surface area (Å²) >= 11 is 0. The van der Waals surface area contributed by atoms with Crippen molar-refractivity contribution in [2.45, 2.75) is 41.0 Å². The highest BCUT2D eigenvalue weighted by Gasteiger charge is 2.15. The summed E-state index contributed by atoms with van der Waals surface area (Å²) in [7, 11) is 0. The van der Waals surface area contributed by atoms with E-state index in [2.05, 4.69) is 106 Å². The molecule has 0 spiro atoms. The number of allylic oxidation sites excluding steroid dienone is 4. The van der Waals surface area contributed by atoms with Crippen molar-refractivity contribution in [3.8, 4) is 0 Å². The van der Waals surface area contributed by atoms with Gasteiger partial charge in [-0.3, -0.25) is 0 Å². The lowest BCUT2D eigenvalue weighted by Crippen LogP contribution is -2.15. The Labute approximate surface area is 157 Å². The van der Waals surface area contributed by atoms with Gasteiger partial charge in [0.2, 0.25) is 0 Å². The lowest BCUT2D eigenvalue weighted by molar-refractivity contribution is 1.13. The average Bonchev–Trinajstić information content (AvgIpc) is 2.80. The molecular formula is C25H27N. The molecule has 0 unspecified atom stereocenters. The molecule has 1 aliphatic carbocycles. The van der Waals surface area contributed by atoms with Gasteiger partial charge >= 0.3 is 0 Å². The van der Waals surface area contributed by atoms with Gasteiger partial charge in [0.05, 0.1) is 5.70 Å². The van der Waals surface area contributed by atoms with E-state index in [0.717, 1.165) is 12.1 Å². The Morgan fingerprint density at radius 2 is 1.46 bits per heavy atom. The molecule has 26 heavy (non-hydrogen) atoms. The van der Waals surface area contributed by atoms with Gasteiger partial charge in [-0.1, -0.05) is 25.1 Å². The molecule has 2 aromatic rings. The van der Waals surface area contributed by atoms with Crippen molar-refractivity contribution in [1.29, 1.82) is 0 Å². The highest BCUT2D eigenvalue weighted by atomic mass is 15.1. The van der Waals surface area contributed by atoms with Crippen LogP contribution in [0.3, 0.4) is 0 Å². The Hall–Kier alpha value is -2.76. The van der Waals surface area contributed by atoms with E-state index in [1.807, 2.05) is 0 Å². The summed E-state index contributed by atoms with van der Waals surface area (Å²) in [5.74, 6) is 0. The molecule has 0 atom stereocenters. The molecule has 1 heteroatoms. The summed E-state index contributed by atoms with van der Waals surface area (Å²) in [6.07, 6.45) is 7.42. The second-order valence-electron chi connectivity index (χ2n) is 7.01. The van der Waals surface area contributed by atoms with Gasteiger partial charge in [-0.25, -0.2) is 0 Å². The SMILES string of the molecule is CCc1ccc(N(C2=CC(C)=C(C)C=C=C2)c2ccc(C)c(C)c2)cc1. The first kappa shape index (κ1) is 18.0. The van der Waals surface area contributed by atoms with Gasteiger partial charge < -0.3 is 4.90 Å². The fraction of sp³-hybridized carbons (Fsp3) is 0.240. The fourth-order valence-electron chi connectivity index (χ4n) is 3.06. The first-order chi connectivity index (χ1) is 12.5. The van der Waals surface area contributed by atoms with Crippen molar-refractivity contribution in [3.63, 3.8) is 0 Å². The maximum absolute atomic E-state index is 3.33. The third kappa shape index (κ3) is 3.74. The minimum absolute atomic E-state index is 1.05. The predicted octanol–water partition coefficient (Wildman–Crippen LogP) is 6.95. The maximum atomic E-state index is 3.33. The molecule has 0 saturated carbocycles. The molecule has 0 amide bonds. The lowest BCUT2D eigenvalue weighted by atomic mass is 10.1. The number of benzene rings is 2. The second-order valence-corrected chi connectivity index (χ2v) is 7.01. The average molecular weight is 341 g/mol. The zero-order chi connectivity index (χ0) is 18.7. The van der Waals surface area contributed by atoms with Crippen LogP contribution >= 0.6 is 0 Å². The van der Waals surface area contributed by atoms with E-state index < -0.39 is 0 Å². The van der Waals surface area contributed by atoms with E-state index in [1.54, 1.807) is 0 Å². The van der Waals surface area contributed by atoms with Crippen molar-refractivity contribution in [3.05, 3.63) is 100.0 Å². The quantitative estimate of drug-likeness (QED) is 0.544. The normalized spacial score (nSPS) is 13.7. The van der Waals surface area contributed by atoms with Crippen molar-refractivity contribution in [1.82, 2.24) is 0 Å². The van der Waals surface area contributed by atoms with Crippen LogP contribution in [-0.2, 0) is 6.42 Å². The number of anilines is 2. The maximum Gasteiger partial charge on any atom is 0.0541 e. The van der Waals surface area contributed by atoms with Crippen molar-refractivity contribution in [2.75, 3.05) is 4.90 Å². The summed E-state index contributed by atoms with van der Waals surface area (Å²) in [5, 5.41) is 0. The molecule has 0 bridgehead atoms. The molecule has 1 aliphatic rings. The zero-order valence-electron chi connectivity index (χ0n) is 16.4. The number of nitrogens with zero attached hydrogens (tertiary/aromatic N) is 1. The van der Waals surface area contributed by atoms with Crippen LogP contribution < -0.4 is 4.90 Å². The first-order valence-corrected chi connectivity index (χ1v) is 9.27. The summed E-state index contributed by atoms with van der Waals surface area (Å²) < 4.78 is 0. The van der Waals surface area contributed by atoms with E-state index >= 15 is 0 Å². The van der Waals surface area contributed by atoms with Crippen LogP contribution in [0, 0.1) is 13.8 Å². The molecule has 132 valence electrons. The highest BCUT2D eigenvalue weighted by molar-refractivity contribution is 5.72. The van der Waals surface area contributed by atoms with Gasteiger partial charge in [-0.2, -0.15) is 0 Å². The van der Waals surface area contributed by atoms with Crippen molar-refractivity contribution in [2.24, 2.45) is 0 Å². The molecule has 0 heterocycles. The van der Waals surface area contributed by atoms with Gasteiger partial charge in [0.1, 0.15) is 0 Å². The van der Waals surface area contributed by atoms with E-state index in [9.17, 15) is 0 Å². The Balaban J connectivity index is 2.17. The molecule has 0 fully saturated rings.